The topological polar surface area (TPSA) is 57.7 Å². The van der Waals surface area contributed by atoms with Crippen molar-refractivity contribution in [2.45, 2.75) is 6.61 Å². The Kier molecular flexibility index (Phi) is 4.58. The van der Waals surface area contributed by atoms with E-state index in [0.29, 0.717) is 17.2 Å². The molecule has 0 N–H and O–H groups in total. The van der Waals surface area contributed by atoms with Crippen LogP contribution < -0.4 is 9.47 Å². The molecular weight excluding hydrogens is 398 g/mol. The number of rotatable bonds is 4. The van der Waals surface area contributed by atoms with E-state index in [2.05, 4.69) is 20.9 Å². The van der Waals surface area contributed by atoms with Crippen LogP contribution >= 0.6 is 15.9 Å². The molecule has 130 valence electrons. The number of benzene rings is 2. The van der Waals surface area contributed by atoms with Crippen LogP contribution in [0.2, 0.25) is 0 Å². The predicted octanol–water partition coefficient (Wildman–Crippen LogP) is 4.48. The molecule has 2 heterocycles. The monoisotopic (exact) mass is 411 g/mol. The highest BCUT2D eigenvalue weighted by Gasteiger charge is 2.16. The number of halogens is 1. The minimum atomic E-state index is -0.440. The zero-order chi connectivity index (χ0) is 17.9. The summed E-state index contributed by atoms with van der Waals surface area (Å²) >= 11 is 3.44. The number of aromatic nitrogens is 1. The Morgan fingerprint density at radius 3 is 2.85 bits per heavy atom. The molecule has 0 bridgehead atoms. The van der Waals surface area contributed by atoms with E-state index in [0.717, 1.165) is 20.9 Å². The van der Waals surface area contributed by atoms with Crippen LogP contribution in [0.1, 0.15) is 11.3 Å². The number of esters is 1. The molecule has 0 radical (unpaired) electrons. The highest BCUT2D eigenvalue weighted by molar-refractivity contribution is 9.10. The molecule has 0 amide bonds. The van der Waals surface area contributed by atoms with Gasteiger partial charge in [-0.2, -0.15) is 0 Å². The molecule has 0 aliphatic carbocycles. The van der Waals surface area contributed by atoms with Gasteiger partial charge in [0.1, 0.15) is 6.61 Å². The summed E-state index contributed by atoms with van der Waals surface area (Å²) in [5, 5.41) is 1.06. The Balaban J connectivity index is 1.41. The van der Waals surface area contributed by atoms with E-state index < -0.39 is 5.97 Å². The molecule has 26 heavy (non-hydrogen) atoms. The molecule has 0 spiro atoms. The van der Waals surface area contributed by atoms with Gasteiger partial charge in [-0.05, 0) is 30.3 Å². The molecular formula is C20H14BrNO4. The number of carbonyl (C=O) groups excluding carboxylic acids is 1. The molecule has 2 aromatic carbocycles. The molecule has 0 atom stereocenters. The molecule has 5 nitrogen and oxygen atoms in total. The zero-order valence-electron chi connectivity index (χ0n) is 13.6. The molecule has 3 aromatic rings. The average molecular weight is 412 g/mol. The molecule has 0 saturated heterocycles. The molecule has 0 fully saturated rings. The molecule has 1 aliphatic heterocycles. The number of carbonyl (C=O) groups is 1. The first-order valence-electron chi connectivity index (χ1n) is 7.98. The highest BCUT2D eigenvalue weighted by atomic mass is 79.9. The van der Waals surface area contributed by atoms with Crippen molar-refractivity contribution in [1.82, 2.24) is 4.98 Å². The lowest BCUT2D eigenvalue weighted by Crippen LogP contribution is -2.01. The number of hydrogen-bond acceptors (Lipinski definition) is 5. The second-order valence-corrected chi connectivity index (χ2v) is 6.52. The van der Waals surface area contributed by atoms with Crippen molar-refractivity contribution >= 4 is 38.9 Å². The largest absolute Gasteiger partial charge is 0.458 e. The minimum Gasteiger partial charge on any atom is -0.458 e. The van der Waals surface area contributed by atoms with Crippen LogP contribution in [0.5, 0.6) is 11.5 Å². The Morgan fingerprint density at radius 2 is 1.96 bits per heavy atom. The third kappa shape index (κ3) is 3.55. The SMILES string of the molecule is O=C(/C=C/c1ccc2ccccc2n1)OCc1cc2c(cc1Br)OCO2. The number of fused-ring (bicyclic) bond motifs is 2. The number of nitrogens with zero attached hydrogens (tertiary/aromatic N) is 1. The van der Waals surface area contributed by atoms with Crippen molar-refractivity contribution in [3.8, 4) is 11.5 Å². The lowest BCUT2D eigenvalue weighted by molar-refractivity contribution is -0.138. The van der Waals surface area contributed by atoms with Gasteiger partial charge in [0.2, 0.25) is 6.79 Å². The van der Waals surface area contributed by atoms with E-state index in [1.807, 2.05) is 36.4 Å². The second kappa shape index (κ2) is 7.17. The maximum absolute atomic E-state index is 12.0. The first-order valence-corrected chi connectivity index (χ1v) is 8.77. The van der Waals surface area contributed by atoms with Gasteiger partial charge in [0.05, 0.1) is 11.2 Å². The second-order valence-electron chi connectivity index (χ2n) is 5.67. The van der Waals surface area contributed by atoms with Crippen LogP contribution in [0.25, 0.3) is 17.0 Å². The van der Waals surface area contributed by atoms with Gasteiger partial charge >= 0.3 is 5.97 Å². The lowest BCUT2D eigenvalue weighted by atomic mass is 10.2. The number of pyridine rings is 1. The molecule has 1 aliphatic rings. The minimum absolute atomic E-state index is 0.131. The van der Waals surface area contributed by atoms with Gasteiger partial charge in [-0.1, -0.05) is 40.2 Å². The summed E-state index contributed by atoms with van der Waals surface area (Å²) in [6, 6.07) is 15.3. The summed E-state index contributed by atoms with van der Waals surface area (Å²) in [7, 11) is 0. The van der Waals surface area contributed by atoms with Gasteiger partial charge in [0.15, 0.2) is 11.5 Å². The fourth-order valence-corrected chi connectivity index (χ4v) is 3.03. The summed E-state index contributed by atoms with van der Waals surface area (Å²) in [5.74, 6) is 0.883. The Bertz CT molecular complexity index is 1020. The maximum atomic E-state index is 12.0. The Hall–Kier alpha value is -2.86. The van der Waals surface area contributed by atoms with E-state index in [1.165, 1.54) is 6.08 Å². The first kappa shape index (κ1) is 16.6. The van der Waals surface area contributed by atoms with E-state index >= 15 is 0 Å². The quantitative estimate of drug-likeness (QED) is 0.467. The molecule has 6 heteroatoms. The van der Waals surface area contributed by atoms with E-state index in [9.17, 15) is 4.79 Å². The van der Waals surface area contributed by atoms with Crippen LogP contribution in [0.3, 0.4) is 0 Å². The smallest absolute Gasteiger partial charge is 0.331 e. The van der Waals surface area contributed by atoms with Gasteiger partial charge in [-0.3, -0.25) is 0 Å². The van der Waals surface area contributed by atoms with Crippen molar-refractivity contribution in [3.05, 3.63) is 70.3 Å². The fourth-order valence-electron chi connectivity index (χ4n) is 2.59. The maximum Gasteiger partial charge on any atom is 0.331 e. The summed E-state index contributed by atoms with van der Waals surface area (Å²) < 4.78 is 16.7. The molecule has 0 unspecified atom stereocenters. The van der Waals surface area contributed by atoms with Crippen molar-refractivity contribution in [2.24, 2.45) is 0 Å². The fraction of sp³-hybridized carbons (Fsp3) is 0.100. The molecule has 4 rings (SSSR count). The van der Waals surface area contributed by atoms with E-state index in [4.69, 9.17) is 14.2 Å². The third-order valence-corrected chi connectivity index (χ3v) is 4.66. The molecule has 0 saturated carbocycles. The van der Waals surface area contributed by atoms with Gasteiger partial charge in [0.25, 0.3) is 0 Å². The van der Waals surface area contributed by atoms with Crippen LogP contribution in [-0.2, 0) is 16.1 Å². The van der Waals surface area contributed by atoms with Crippen LogP contribution in [0.4, 0.5) is 0 Å². The predicted molar refractivity (Wildman–Crippen MR) is 101 cm³/mol. The van der Waals surface area contributed by atoms with Crippen LogP contribution in [-0.4, -0.2) is 17.7 Å². The summed E-state index contributed by atoms with van der Waals surface area (Å²) in [4.78, 5) is 16.5. The Labute approximate surface area is 158 Å². The van der Waals surface area contributed by atoms with Gasteiger partial charge in [0, 0.05) is 21.5 Å². The average Bonchev–Trinajstić information content (AvgIpc) is 3.11. The highest BCUT2D eigenvalue weighted by Crippen LogP contribution is 2.37. The van der Waals surface area contributed by atoms with Gasteiger partial charge in [-0.25, -0.2) is 9.78 Å². The standard InChI is InChI=1S/C20H14BrNO4/c21-16-10-19-18(25-12-26-19)9-14(16)11-24-20(23)8-7-15-6-5-13-3-1-2-4-17(13)22-15/h1-10H,11-12H2/b8-7+. The van der Waals surface area contributed by atoms with Crippen LogP contribution in [0.15, 0.2) is 59.1 Å². The zero-order valence-corrected chi connectivity index (χ0v) is 15.2. The summed E-state index contributed by atoms with van der Waals surface area (Å²) in [6.07, 6.45) is 3.02. The van der Waals surface area contributed by atoms with E-state index in [-0.39, 0.29) is 13.4 Å². The third-order valence-electron chi connectivity index (χ3n) is 3.92. The van der Waals surface area contributed by atoms with Crippen molar-refractivity contribution < 1.29 is 19.0 Å². The van der Waals surface area contributed by atoms with Crippen molar-refractivity contribution in [3.63, 3.8) is 0 Å². The van der Waals surface area contributed by atoms with Gasteiger partial charge in [-0.15, -0.1) is 0 Å². The Morgan fingerprint density at radius 1 is 1.15 bits per heavy atom. The number of ether oxygens (including phenoxy) is 3. The van der Waals surface area contributed by atoms with Crippen molar-refractivity contribution in [2.75, 3.05) is 6.79 Å². The van der Waals surface area contributed by atoms with Crippen molar-refractivity contribution in [1.29, 1.82) is 0 Å². The number of hydrogen-bond donors (Lipinski definition) is 0. The normalized spacial score (nSPS) is 12.7. The van der Waals surface area contributed by atoms with Crippen LogP contribution in [0, 0.1) is 0 Å². The summed E-state index contributed by atoms with van der Waals surface area (Å²) in [5.41, 5.74) is 2.39. The molecule has 1 aromatic heterocycles. The van der Waals surface area contributed by atoms with Gasteiger partial charge < -0.3 is 14.2 Å². The van der Waals surface area contributed by atoms with E-state index in [1.54, 1.807) is 18.2 Å². The number of para-hydroxylation sites is 1. The first-order chi connectivity index (χ1) is 12.7. The summed E-state index contributed by atoms with van der Waals surface area (Å²) in [6.45, 7) is 0.331. The lowest BCUT2D eigenvalue weighted by Gasteiger charge is -2.06.